The Labute approximate surface area is 221 Å². The van der Waals surface area contributed by atoms with Crippen LogP contribution in [0.2, 0.25) is 0 Å². The highest BCUT2D eigenvalue weighted by Gasteiger charge is 2.49. The zero-order valence-electron chi connectivity index (χ0n) is 22.6. The number of ether oxygens (including phenoxy) is 3. The predicted molar refractivity (Wildman–Crippen MR) is 129 cm³/mol. The van der Waals surface area contributed by atoms with Crippen molar-refractivity contribution < 1.29 is 61.5 Å². The van der Waals surface area contributed by atoms with Crippen LogP contribution in [0.4, 0.5) is 0 Å². The minimum absolute atomic E-state index is 0.207. The molecule has 1 saturated heterocycles. The molecule has 13 nitrogen and oxygen atoms in total. The van der Waals surface area contributed by atoms with E-state index in [9.17, 15) is 29.2 Å². The van der Waals surface area contributed by atoms with Gasteiger partial charge in [0, 0.05) is 6.07 Å². The van der Waals surface area contributed by atoms with Gasteiger partial charge in [0.25, 0.3) is 6.23 Å². The maximum atomic E-state index is 13.2. The number of nitrogens with zero attached hydrogens (tertiary/aromatic N) is 1. The second-order valence-corrected chi connectivity index (χ2v) is 12.4. The van der Waals surface area contributed by atoms with Crippen molar-refractivity contribution in [3.63, 3.8) is 0 Å². The van der Waals surface area contributed by atoms with Gasteiger partial charge in [-0.1, -0.05) is 0 Å². The molecular formula is C24H37NO12P+. The molecule has 0 aliphatic carbocycles. The number of carbonyl (C=O) groups is 3. The van der Waals surface area contributed by atoms with Crippen LogP contribution in [0.1, 0.15) is 65.1 Å². The fourth-order valence-electron chi connectivity index (χ4n) is 2.97. The van der Waals surface area contributed by atoms with Crippen molar-refractivity contribution in [2.75, 3.05) is 20.2 Å². The molecule has 214 valence electrons. The quantitative estimate of drug-likeness (QED) is 0.133. The van der Waals surface area contributed by atoms with E-state index in [-0.39, 0.29) is 5.78 Å². The van der Waals surface area contributed by atoms with E-state index < -0.39 is 75.3 Å². The monoisotopic (exact) mass is 562 g/mol. The summed E-state index contributed by atoms with van der Waals surface area (Å²) < 4.78 is 45.6. The van der Waals surface area contributed by atoms with Crippen LogP contribution in [0.3, 0.4) is 0 Å². The number of carbonyl (C=O) groups excluding carboxylic acids is 3. The van der Waals surface area contributed by atoms with Crippen LogP contribution in [0, 0.1) is 10.8 Å². The van der Waals surface area contributed by atoms with Crippen LogP contribution in [0.5, 0.6) is 0 Å². The lowest BCUT2D eigenvalue weighted by atomic mass is 9.98. The van der Waals surface area contributed by atoms with Crippen LogP contribution >= 0.6 is 7.82 Å². The maximum absolute atomic E-state index is 13.2. The highest BCUT2D eigenvalue weighted by Crippen LogP contribution is 2.50. The Kier molecular flexibility index (Phi) is 10.7. The Morgan fingerprint density at radius 3 is 1.95 bits per heavy atom. The number of aromatic nitrogens is 1. The molecule has 1 aromatic rings. The molecule has 2 heterocycles. The van der Waals surface area contributed by atoms with E-state index in [1.807, 2.05) is 0 Å². The smallest absolute Gasteiger partial charge is 0.437 e. The standard InChI is InChI=1S/C24H37NO12P/c1-15(26)16-9-8-10-25(11-16)20-19(28)18(27)17(37-20)12-34-38(31,35-13-32-21(29)23(2,3)4)36-14-33-22(30)24(5,6)7/h8-11,17-20,27-28H,12-14H2,1-7H3/q+1/t17-,18?,19+,20-/m1/s1. The second-order valence-electron chi connectivity index (χ2n) is 10.7. The van der Waals surface area contributed by atoms with Crippen molar-refractivity contribution in [1.82, 2.24) is 0 Å². The number of aliphatic hydroxyl groups excluding tert-OH is 2. The van der Waals surface area contributed by atoms with Gasteiger partial charge in [-0.3, -0.25) is 18.9 Å². The third-order valence-corrected chi connectivity index (χ3v) is 6.59. The summed E-state index contributed by atoms with van der Waals surface area (Å²) >= 11 is 0. The van der Waals surface area contributed by atoms with Crippen molar-refractivity contribution in [1.29, 1.82) is 0 Å². The van der Waals surface area contributed by atoms with E-state index in [4.69, 9.17) is 27.8 Å². The van der Waals surface area contributed by atoms with Gasteiger partial charge in [-0.05, 0) is 54.5 Å². The molecular weight excluding hydrogens is 525 g/mol. The van der Waals surface area contributed by atoms with Gasteiger partial charge < -0.3 is 24.4 Å². The maximum Gasteiger partial charge on any atom is 0.480 e. The zero-order valence-corrected chi connectivity index (χ0v) is 23.5. The largest absolute Gasteiger partial charge is 0.480 e. The van der Waals surface area contributed by atoms with E-state index >= 15 is 0 Å². The Hall–Kier alpha value is -2.25. The lowest BCUT2D eigenvalue weighted by Crippen LogP contribution is -2.46. The Morgan fingerprint density at radius 2 is 1.47 bits per heavy atom. The molecule has 14 heteroatoms. The number of phosphoric acid groups is 1. The summed E-state index contributed by atoms with van der Waals surface area (Å²) in [5.41, 5.74) is -1.36. The van der Waals surface area contributed by atoms with Gasteiger partial charge in [0.15, 0.2) is 24.3 Å². The fraction of sp³-hybridized carbons (Fsp3) is 0.667. The Balaban J connectivity index is 2.09. The average molecular weight is 563 g/mol. The molecule has 4 atom stereocenters. The summed E-state index contributed by atoms with van der Waals surface area (Å²) in [6.45, 7) is 8.86. The molecule has 38 heavy (non-hydrogen) atoms. The highest BCUT2D eigenvalue weighted by atomic mass is 31.2. The first-order valence-electron chi connectivity index (χ1n) is 11.9. The third-order valence-electron chi connectivity index (χ3n) is 5.28. The van der Waals surface area contributed by atoms with Crippen molar-refractivity contribution in [3.05, 3.63) is 30.1 Å². The van der Waals surface area contributed by atoms with Gasteiger partial charge in [-0.2, -0.15) is 4.57 Å². The molecule has 2 rings (SSSR count). The van der Waals surface area contributed by atoms with E-state index in [0.29, 0.717) is 5.56 Å². The summed E-state index contributed by atoms with van der Waals surface area (Å²) in [5.74, 6) is -1.50. The van der Waals surface area contributed by atoms with Crippen LogP contribution in [0.15, 0.2) is 24.5 Å². The summed E-state index contributed by atoms with van der Waals surface area (Å²) in [7, 11) is -4.53. The van der Waals surface area contributed by atoms with Gasteiger partial charge >= 0.3 is 19.8 Å². The SMILES string of the molecule is CC(=O)c1ccc[n+]([C@@H]2O[C@H](COP(=O)(OCOC(=O)C(C)(C)C)OCOC(=O)C(C)(C)C)C(O)[C@@H]2O)c1. The van der Waals surface area contributed by atoms with Gasteiger partial charge in [-0.25, -0.2) is 13.6 Å². The average Bonchev–Trinajstić information content (AvgIpc) is 3.10. The molecule has 0 bridgehead atoms. The number of pyridine rings is 1. The van der Waals surface area contributed by atoms with Crippen molar-refractivity contribution in [3.8, 4) is 0 Å². The predicted octanol–water partition coefficient (Wildman–Crippen LogP) is 2.05. The summed E-state index contributed by atoms with van der Waals surface area (Å²) in [6.07, 6.45) is -2.17. The molecule has 1 aliphatic rings. The summed E-state index contributed by atoms with van der Waals surface area (Å²) in [5, 5.41) is 21.0. The van der Waals surface area contributed by atoms with Crippen LogP contribution in [-0.2, 0) is 41.9 Å². The lowest BCUT2D eigenvalue weighted by Gasteiger charge is -2.22. The first-order valence-corrected chi connectivity index (χ1v) is 13.3. The fourth-order valence-corrected chi connectivity index (χ4v) is 3.89. The molecule has 0 radical (unpaired) electrons. The number of ketones is 1. The number of phosphoric ester groups is 1. The van der Waals surface area contributed by atoms with Crippen LogP contribution in [-0.4, -0.2) is 66.4 Å². The molecule has 1 unspecified atom stereocenters. The van der Waals surface area contributed by atoms with Gasteiger partial charge in [0.05, 0.1) is 23.0 Å². The van der Waals surface area contributed by atoms with Crippen molar-refractivity contribution in [2.24, 2.45) is 10.8 Å². The minimum Gasteiger partial charge on any atom is -0.437 e. The Bertz CT molecular complexity index is 1010. The third kappa shape index (κ3) is 8.91. The van der Waals surface area contributed by atoms with E-state index in [0.717, 1.165) is 0 Å². The molecule has 1 aromatic heterocycles. The van der Waals surface area contributed by atoms with Crippen molar-refractivity contribution >= 4 is 25.5 Å². The summed E-state index contributed by atoms with van der Waals surface area (Å²) in [6, 6.07) is 3.16. The molecule has 1 fully saturated rings. The molecule has 1 aliphatic heterocycles. The molecule has 0 spiro atoms. The first-order chi connectivity index (χ1) is 17.4. The Morgan fingerprint density at radius 1 is 0.947 bits per heavy atom. The zero-order chi connectivity index (χ0) is 28.9. The normalized spacial score (nSPS) is 22.2. The number of aliphatic hydroxyl groups is 2. The van der Waals surface area contributed by atoms with E-state index in [1.165, 1.54) is 17.7 Å². The number of rotatable bonds is 11. The number of esters is 2. The molecule has 0 aromatic carbocycles. The number of hydrogen-bond donors (Lipinski definition) is 2. The summed E-state index contributed by atoms with van der Waals surface area (Å²) in [4.78, 5) is 35.7. The lowest BCUT2D eigenvalue weighted by molar-refractivity contribution is -0.765. The highest BCUT2D eigenvalue weighted by molar-refractivity contribution is 7.48. The van der Waals surface area contributed by atoms with Crippen molar-refractivity contribution in [2.45, 2.75) is 73.0 Å². The van der Waals surface area contributed by atoms with Gasteiger partial charge in [0.1, 0.15) is 12.2 Å². The number of hydrogen-bond acceptors (Lipinski definition) is 12. The second kappa shape index (κ2) is 12.7. The van der Waals surface area contributed by atoms with E-state index in [2.05, 4.69) is 0 Å². The van der Waals surface area contributed by atoms with Gasteiger partial charge in [-0.15, -0.1) is 0 Å². The topological polar surface area (TPSA) is 168 Å². The molecule has 0 amide bonds. The molecule has 0 saturated carbocycles. The van der Waals surface area contributed by atoms with Gasteiger partial charge in [0.2, 0.25) is 13.6 Å². The number of Topliss-reactive ketones (excluding diaryl/α,β-unsaturated/α-hetero) is 1. The van der Waals surface area contributed by atoms with Crippen LogP contribution < -0.4 is 4.57 Å². The van der Waals surface area contributed by atoms with E-state index in [1.54, 1.807) is 59.9 Å². The first kappa shape index (κ1) is 32.0. The molecule has 2 N–H and O–H groups in total. The van der Waals surface area contributed by atoms with Crippen LogP contribution in [0.25, 0.3) is 0 Å². The minimum atomic E-state index is -4.53.